The fraction of sp³-hybridized carbons (Fsp3) is 0.368. The molecule has 1 aromatic carbocycles. The Labute approximate surface area is 136 Å². The van der Waals surface area contributed by atoms with Crippen LogP contribution < -0.4 is 5.32 Å². The maximum absolute atomic E-state index is 12.4. The minimum atomic E-state index is -0.799. The van der Waals surface area contributed by atoms with Gasteiger partial charge in [-0.2, -0.15) is 0 Å². The summed E-state index contributed by atoms with van der Waals surface area (Å²) in [5, 5.41) is 13.5. The van der Waals surface area contributed by atoms with Crippen LogP contribution in [0.4, 0.5) is 5.69 Å². The van der Waals surface area contributed by atoms with Crippen molar-refractivity contribution in [1.29, 1.82) is 0 Å². The lowest BCUT2D eigenvalue weighted by Gasteiger charge is -2.36. The topological polar surface area (TPSA) is 62.2 Å². The Morgan fingerprint density at radius 1 is 1.30 bits per heavy atom. The first-order chi connectivity index (χ1) is 11.0. The van der Waals surface area contributed by atoms with Crippen LogP contribution in [0.3, 0.4) is 0 Å². The number of hydrogen-bond acceptors (Lipinski definition) is 3. The van der Waals surface area contributed by atoms with Gasteiger partial charge in [0.05, 0.1) is 5.69 Å². The molecule has 4 nitrogen and oxygen atoms in total. The molecular formula is C19H22N2O2. The molecule has 2 aromatic rings. The van der Waals surface area contributed by atoms with E-state index < -0.39 is 6.10 Å². The monoisotopic (exact) mass is 310 g/mol. The standard InChI is InChI=1S/C19H22N2O2/c1-13-7-8-14(17(22)15-6-3-4-11-20-15)12-16(13)21-18(23)19(2)9-5-10-19/h3-4,6-8,11-12,17,22H,5,9-10H2,1-2H3,(H,21,23)/t17-/m0/s1. The molecule has 0 saturated heterocycles. The van der Waals surface area contributed by atoms with Gasteiger partial charge in [-0.15, -0.1) is 0 Å². The third kappa shape index (κ3) is 3.13. The van der Waals surface area contributed by atoms with E-state index in [1.807, 2.05) is 44.2 Å². The number of hydrogen-bond donors (Lipinski definition) is 2. The average Bonchev–Trinajstić information content (AvgIpc) is 2.54. The third-order valence-corrected chi connectivity index (χ3v) is 4.80. The molecule has 0 unspecified atom stereocenters. The van der Waals surface area contributed by atoms with Gasteiger partial charge < -0.3 is 10.4 Å². The van der Waals surface area contributed by atoms with Gasteiger partial charge in [0.2, 0.25) is 5.91 Å². The lowest BCUT2D eigenvalue weighted by atomic mass is 9.70. The molecule has 3 rings (SSSR count). The molecule has 1 amide bonds. The molecule has 23 heavy (non-hydrogen) atoms. The molecule has 0 aliphatic heterocycles. The average molecular weight is 310 g/mol. The lowest BCUT2D eigenvalue weighted by Crippen LogP contribution is -2.39. The number of aryl methyl sites for hydroxylation is 1. The Morgan fingerprint density at radius 3 is 2.70 bits per heavy atom. The summed E-state index contributed by atoms with van der Waals surface area (Å²) in [6, 6.07) is 11.1. The normalized spacial score (nSPS) is 17.2. The number of aliphatic hydroxyl groups is 1. The highest BCUT2D eigenvalue weighted by atomic mass is 16.3. The first-order valence-electron chi connectivity index (χ1n) is 8.01. The highest BCUT2D eigenvalue weighted by molar-refractivity contribution is 5.96. The highest BCUT2D eigenvalue weighted by Gasteiger charge is 2.39. The summed E-state index contributed by atoms with van der Waals surface area (Å²) < 4.78 is 0. The minimum absolute atomic E-state index is 0.0660. The van der Waals surface area contributed by atoms with Crippen LogP contribution in [0, 0.1) is 12.3 Å². The summed E-state index contributed by atoms with van der Waals surface area (Å²) in [5.74, 6) is 0.0660. The Kier molecular flexibility index (Phi) is 4.18. The van der Waals surface area contributed by atoms with Gasteiger partial charge in [0.15, 0.2) is 0 Å². The number of aliphatic hydroxyl groups excluding tert-OH is 1. The van der Waals surface area contributed by atoms with Crippen molar-refractivity contribution in [2.24, 2.45) is 5.41 Å². The van der Waals surface area contributed by atoms with Crippen molar-refractivity contribution in [3.63, 3.8) is 0 Å². The zero-order valence-corrected chi connectivity index (χ0v) is 13.5. The van der Waals surface area contributed by atoms with Crippen LogP contribution in [0.1, 0.15) is 49.1 Å². The predicted molar refractivity (Wildman–Crippen MR) is 90.1 cm³/mol. The van der Waals surface area contributed by atoms with Gasteiger partial charge in [-0.25, -0.2) is 0 Å². The van der Waals surface area contributed by atoms with Crippen molar-refractivity contribution in [3.8, 4) is 0 Å². The van der Waals surface area contributed by atoms with Crippen LogP contribution in [0.15, 0.2) is 42.6 Å². The van der Waals surface area contributed by atoms with E-state index in [1.165, 1.54) is 0 Å². The number of anilines is 1. The minimum Gasteiger partial charge on any atom is -0.382 e. The maximum atomic E-state index is 12.4. The van der Waals surface area contributed by atoms with E-state index in [1.54, 1.807) is 12.3 Å². The van der Waals surface area contributed by atoms with Crippen molar-refractivity contribution in [2.75, 3.05) is 5.32 Å². The molecule has 1 atom stereocenters. The van der Waals surface area contributed by atoms with E-state index in [-0.39, 0.29) is 11.3 Å². The molecule has 1 aromatic heterocycles. The smallest absolute Gasteiger partial charge is 0.230 e. The summed E-state index contributed by atoms with van der Waals surface area (Å²) in [7, 11) is 0. The van der Waals surface area contributed by atoms with Gasteiger partial charge in [0.25, 0.3) is 0 Å². The second kappa shape index (κ2) is 6.13. The number of amides is 1. The van der Waals surface area contributed by atoms with Crippen LogP contribution in [0.25, 0.3) is 0 Å². The van der Waals surface area contributed by atoms with Gasteiger partial charge in [-0.3, -0.25) is 9.78 Å². The first-order valence-corrected chi connectivity index (χ1v) is 8.01. The molecule has 1 aliphatic carbocycles. The van der Waals surface area contributed by atoms with Crippen LogP contribution in [0.5, 0.6) is 0 Å². The third-order valence-electron chi connectivity index (χ3n) is 4.80. The van der Waals surface area contributed by atoms with Gasteiger partial charge in [-0.05, 0) is 49.1 Å². The molecule has 1 saturated carbocycles. The van der Waals surface area contributed by atoms with Crippen LogP contribution in [-0.4, -0.2) is 16.0 Å². The zero-order valence-electron chi connectivity index (χ0n) is 13.5. The molecule has 0 bridgehead atoms. The molecule has 0 radical (unpaired) electrons. The molecule has 120 valence electrons. The summed E-state index contributed by atoms with van der Waals surface area (Å²) in [5.41, 5.74) is 2.82. The largest absolute Gasteiger partial charge is 0.382 e. The molecule has 4 heteroatoms. The Hall–Kier alpha value is -2.20. The Morgan fingerprint density at radius 2 is 2.09 bits per heavy atom. The molecular weight excluding hydrogens is 288 g/mol. The van der Waals surface area contributed by atoms with Crippen LogP contribution in [-0.2, 0) is 4.79 Å². The SMILES string of the molecule is Cc1ccc([C@H](O)c2ccccn2)cc1NC(=O)C1(C)CCC1. The zero-order chi connectivity index (χ0) is 16.4. The number of carbonyl (C=O) groups is 1. The second-order valence-electron chi connectivity index (χ2n) is 6.60. The maximum Gasteiger partial charge on any atom is 0.230 e. The Bertz CT molecular complexity index is 709. The number of pyridine rings is 1. The van der Waals surface area contributed by atoms with Crippen molar-refractivity contribution in [1.82, 2.24) is 4.98 Å². The van der Waals surface area contributed by atoms with E-state index >= 15 is 0 Å². The number of benzene rings is 1. The van der Waals surface area contributed by atoms with Gasteiger partial charge in [0, 0.05) is 17.3 Å². The van der Waals surface area contributed by atoms with Crippen LogP contribution >= 0.6 is 0 Å². The molecule has 1 aliphatic rings. The summed E-state index contributed by atoms with van der Waals surface area (Å²) in [6.07, 6.45) is 3.85. The Balaban J connectivity index is 1.83. The van der Waals surface area contributed by atoms with E-state index in [0.29, 0.717) is 5.69 Å². The fourth-order valence-electron chi connectivity index (χ4n) is 2.86. The van der Waals surface area contributed by atoms with E-state index in [0.717, 1.165) is 36.1 Å². The van der Waals surface area contributed by atoms with E-state index in [4.69, 9.17) is 0 Å². The molecule has 2 N–H and O–H groups in total. The van der Waals surface area contributed by atoms with Crippen LogP contribution in [0.2, 0.25) is 0 Å². The first kappa shape index (κ1) is 15.7. The quantitative estimate of drug-likeness (QED) is 0.907. The molecule has 1 fully saturated rings. The van der Waals surface area contributed by atoms with E-state index in [2.05, 4.69) is 10.3 Å². The molecule has 1 heterocycles. The number of aromatic nitrogens is 1. The van der Waals surface area contributed by atoms with Gasteiger partial charge in [0.1, 0.15) is 6.10 Å². The van der Waals surface area contributed by atoms with Crippen molar-refractivity contribution >= 4 is 11.6 Å². The summed E-state index contributed by atoms with van der Waals surface area (Å²) in [4.78, 5) is 16.6. The van der Waals surface area contributed by atoms with E-state index in [9.17, 15) is 9.90 Å². The van der Waals surface area contributed by atoms with Gasteiger partial charge in [-0.1, -0.05) is 31.5 Å². The highest BCUT2D eigenvalue weighted by Crippen LogP contribution is 2.41. The van der Waals surface area contributed by atoms with Gasteiger partial charge >= 0.3 is 0 Å². The number of rotatable bonds is 4. The predicted octanol–water partition coefficient (Wildman–Crippen LogP) is 3.60. The van der Waals surface area contributed by atoms with Crippen molar-refractivity contribution < 1.29 is 9.90 Å². The van der Waals surface area contributed by atoms with Crippen molar-refractivity contribution in [2.45, 2.75) is 39.2 Å². The number of carbonyl (C=O) groups excluding carboxylic acids is 1. The van der Waals surface area contributed by atoms with Crippen molar-refractivity contribution in [3.05, 3.63) is 59.4 Å². The number of nitrogens with zero attached hydrogens (tertiary/aromatic N) is 1. The fourth-order valence-corrected chi connectivity index (χ4v) is 2.86. The second-order valence-corrected chi connectivity index (χ2v) is 6.60. The number of nitrogens with one attached hydrogen (secondary N) is 1. The summed E-state index contributed by atoms with van der Waals surface area (Å²) >= 11 is 0. The summed E-state index contributed by atoms with van der Waals surface area (Å²) in [6.45, 7) is 3.96. The lowest BCUT2D eigenvalue weighted by molar-refractivity contribution is -0.128. The molecule has 0 spiro atoms.